The molecule has 0 saturated carbocycles. The van der Waals surface area contributed by atoms with Crippen LogP contribution in [0.4, 0.5) is 10.1 Å². The summed E-state index contributed by atoms with van der Waals surface area (Å²) in [5.41, 5.74) is 3.15. The van der Waals surface area contributed by atoms with E-state index in [1.54, 1.807) is 0 Å². The van der Waals surface area contributed by atoms with Gasteiger partial charge < -0.3 is 9.47 Å². The Morgan fingerprint density at radius 3 is 2.32 bits per heavy atom. The summed E-state index contributed by atoms with van der Waals surface area (Å²) in [4.78, 5) is 45.6. The Morgan fingerprint density at radius 1 is 1.07 bits per heavy atom. The molecule has 0 radical (unpaired) electrons. The summed E-state index contributed by atoms with van der Waals surface area (Å²) in [6, 6.07) is 7.90. The van der Waals surface area contributed by atoms with Crippen molar-refractivity contribution < 1.29 is 33.2 Å². The van der Waals surface area contributed by atoms with Gasteiger partial charge in [-0.15, -0.1) is 0 Å². The van der Waals surface area contributed by atoms with Gasteiger partial charge in [0.1, 0.15) is 11.6 Å². The molecule has 0 atom stereocenters. The first-order chi connectivity index (χ1) is 13.3. The smallest absolute Gasteiger partial charge is 0.338 e. The number of nitrogens with zero attached hydrogens (tertiary/aromatic N) is 1. The fourth-order valence-electron chi connectivity index (χ4n) is 2.00. The van der Waals surface area contributed by atoms with Crippen LogP contribution in [0.5, 0.6) is 5.75 Å². The van der Waals surface area contributed by atoms with Crippen LogP contribution in [-0.2, 0) is 9.53 Å². The average molecular weight is 391 g/mol. The standard InChI is InChI=1S/C17H14FN3O7/c1-27-17(24)11-6-10(7-13(8-11)21(25)26)16(23)20-19-15(22)9-28-14-4-2-12(18)3-5-14/h2-8H,9H2,1H3,(H,19,22)(H,20,23). The number of ether oxygens (including phenoxy) is 2. The number of nitro groups is 1. The van der Waals surface area contributed by atoms with Crippen molar-refractivity contribution >= 4 is 23.5 Å². The van der Waals surface area contributed by atoms with Crippen molar-refractivity contribution in [1.29, 1.82) is 0 Å². The number of non-ortho nitro benzene ring substituents is 1. The van der Waals surface area contributed by atoms with Crippen LogP contribution in [0.1, 0.15) is 20.7 Å². The molecule has 0 spiro atoms. The molecule has 0 heterocycles. The van der Waals surface area contributed by atoms with Crippen molar-refractivity contribution in [3.05, 3.63) is 69.5 Å². The summed E-state index contributed by atoms with van der Waals surface area (Å²) < 4.78 is 22.4. The molecule has 0 unspecified atom stereocenters. The average Bonchev–Trinajstić information content (AvgIpc) is 2.70. The van der Waals surface area contributed by atoms with E-state index in [1.165, 1.54) is 12.1 Å². The lowest BCUT2D eigenvalue weighted by molar-refractivity contribution is -0.384. The highest BCUT2D eigenvalue weighted by atomic mass is 19.1. The topological polar surface area (TPSA) is 137 Å². The zero-order valence-corrected chi connectivity index (χ0v) is 14.4. The molecular weight excluding hydrogens is 377 g/mol. The Morgan fingerprint density at radius 2 is 1.71 bits per heavy atom. The molecule has 10 nitrogen and oxygen atoms in total. The highest BCUT2D eigenvalue weighted by Crippen LogP contribution is 2.18. The molecule has 2 aromatic rings. The lowest BCUT2D eigenvalue weighted by atomic mass is 10.1. The number of rotatable bonds is 6. The van der Waals surface area contributed by atoms with Gasteiger partial charge in [0.25, 0.3) is 17.5 Å². The molecule has 0 aromatic heterocycles. The number of esters is 1. The SMILES string of the molecule is COC(=O)c1cc(C(=O)NNC(=O)COc2ccc(F)cc2)cc([N+](=O)[O-])c1. The molecule has 0 saturated heterocycles. The number of nitro benzene ring substituents is 1. The summed E-state index contributed by atoms with van der Waals surface area (Å²) >= 11 is 0. The molecule has 2 N–H and O–H groups in total. The summed E-state index contributed by atoms with van der Waals surface area (Å²) in [7, 11) is 1.09. The Kier molecular flexibility index (Phi) is 6.58. The first-order valence-corrected chi connectivity index (χ1v) is 7.65. The third kappa shape index (κ3) is 5.49. The third-order valence-corrected chi connectivity index (χ3v) is 3.31. The van der Waals surface area contributed by atoms with E-state index in [0.717, 1.165) is 37.4 Å². The second kappa shape index (κ2) is 9.07. The van der Waals surface area contributed by atoms with Gasteiger partial charge in [0.05, 0.1) is 17.6 Å². The molecular formula is C17H14FN3O7. The normalized spacial score (nSPS) is 9.93. The third-order valence-electron chi connectivity index (χ3n) is 3.31. The number of nitrogens with one attached hydrogen (secondary N) is 2. The first kappa shape index (κ1) is 20.3. The second-order valence-electron chi connectivity index (χ2n) is 5.26. The molecule has 11 heteroatoms. The van der Waals surface area contributed by atoms with Gasteiger partial charge >= 0.3 is 5.97 Å². The Balaban J connectivity index is 1.98. The maximum atomic E-state index is 12.8. The van der Waals surface area contributed by atoms with Crippen LogP contribution in [0.15, 0.2) is 42.5 Å². The Hall–Kier alpha value is -4.02. The molecule has 2 amide bonds. The molecule has 2 rings (SSSR count). The zero-order valence-electron chi connectivity index (χ0n) is 14.4. The number of hydrogen-bond donors (Lipinski definition) is 2. The van der Waals surface area contributed by atoms with Crippen LogP contribution in [-0.4, -0.2) is 36.4 Å². The van der Waals surface area contributed by atoms with Crippen molar-refractivity contribution in [2.24, 2.45) is 0 Å². The molecule has 28 heavy (non-hydrogen) atoms. The number of hydrazine groups is 1. The maximum Gasteiger partial charge on any atom is 0.338 e. The van der Waals surface area contributed by atoms with Crippen LogP contribution in [0.2, 0.25) is 0 Å². The van der Waals surface area contributed by atoms with Gasteiger partial charge in [0, 0.05) is 17.7 Å². The summed E-state index contributed by atoms with van der Waals surface area (Å²) in [6.45, 7) is -0.478. The Labute approximate surface area is 157 Å². The van der Waals surface area contributed by atoms with E-state index < -0.39 is 40.8 Å². The molecule has 0 fully saturated rings. The van der Waals surface area contributed by atoms with Gasteiger partial charge in [0.15, 0.2) is 6.61 Å². The maximum absolute atomic E-state index is 12.8. The van der Waals surface area contributed by atoms with Crippen LogP contribution in [0.25, 0.3) is 0 Å². The fourth-order valence-corrected chi connectivity index (χ4v) is 2.00. The summed E-state index contributed by atoms with van der Waals surface area (Å²) in [5.74, 6) is -2.73. The van der Waals surface area contributed by atoms with E-state index in [4.69, 9.17) is 4.74 Å². The first-order valence-electron chi connectivity index (χ1n) is 7.65. The number of methoxy groups -OCH3 is 1. The molecule has 0 aliphatic rings. The van der Waals surface area contributed by atoms with E-state index in [-0.39, 0.29) is 16.9 Å². The minimum absolute atomic E-state index is 0.201. The molecule has 2 aromatic carbocycles. The van der Waals surface area contributed by atoms with Crippen molar-refractivity contribution in [2.45, 2.75) is 0 Å². The Bertz CT molecular complexity index is 915. The molecule has 0 aliphatic carbocycles. The second-order valence-corrected chi connectivity index (χ2v) is 5.26. The van der Waals surface area contributed by atoms with Crippen LogP contribution >= 0.6 is 0 Å². The minimum atomic E-state index is -0.899. The van der Waals surface area contributed by atoms with Crippen LogP contribution in [0.3, 0.4) is 0 Å². The number of amides is 2. The van der Waals surface area contributed by atoms with E-state index in [1.807, 2.05) is 5.43 Å². The number of carbonyl (C=O) groups excluding carboxylic acids is 3. The highest BCUT2D eigenvalue weighted by Gasteiger charge is 2.18. The van der Waals surface area contributed by atoms with Crippen molar-refractivity contribution in [1.82, 2.24) is 10.9 Å². The lowest BCUT2D eigenvalue weighted by Crippen LogP contribution is -2.43. The summed E-state index contributed by atoms with van der Waals surface area (Å²) in [6.07, 6.45) is 0. The van der Waals surface area contributed by atoms with Crippen molar-refractivity contribution in [3.8, 4) is 5.75 Å². The summed E-state index contributed by atoms with van der Waals surface area (Å²) in [5, 5.41) is 11.0. The number of halogens is 1. The van der Waals surface area contributed by atoms with Crippen LogP contribution in [0, 0.1) is 15.9 Å². The molecule has 146 valence electrons. The van der Waals surface area contributed by atoms with E-state index in [2.05, 4.69) is 10.2 Å². The van der Waals surface area contributed by atoms with E-state index in [9.17, 15) is 28.9 Å². The molecule has 0 aliphatic heterocycles. The number of hydrogen-bond acceptors (Lipinski definition) is 7. The minimum Gasteiger partial charge on any atom is -0.484 e. The monoisotopic (exact) mass is 391 g/mol. The highest BCUT2D eigenvalue weighted by molar-refractivity contribution is 5.99. The van der Waals surface area contributed by atoms with Crippen molar-refractivity contribution in [2.75, 3.05) is 13.7 Å². The quantitative estimate of drug-likeness (QED) is 0.431. The van der Waals surface area contributed by atoms with E-state index in [0.29, 0.717) is 0 Å². The van der Waals surface area contributed by atoms with Crippen molar-refractivity contribution in [3.63, 3.8) is 0 Å². The van der Waals surface area contributed by atoms with Gasteiger partial charge in [-0.1, -0.05) is 0 Å². The molecule has 0 bridgehead atoms. The predicted molar refractivity (Wildman–Crippen MR) is 91.9 cm³/mol. The van der Waals surface area contributed by atoms with Gasteiger partial charge in [0.2, 0.25) is 0 Å². The van der Waals surface area contributed by atoms with Gasteiger partial charge in [-0.2, -0.15) is 0 Å². The fraction of sp³-hybridized carbons (Fsp3) is 0.118. The number of carbonyl (C=O) groups is 3. The predicted octanol–water partition coefficient (Wildman–Crippen LogP) is 1.36. The lowest BCUT2D eigenvalue weighted by Gasteiger charge is -2.09. The largest absolute Gasteiger partial charge is 0.484 e. The van der Waals surface area contributed by atoms with Gasteiger partial charge in [-0.3, -0.25) is 30.6 Å². The van der Waals surface area contributed by atoms with Gasteiger partial charge in [-0.25, -0.2) is 9.18 Å². The zero-order chi connectivity index (χ0) is 20.7. The van der Waals surface area contributed by atoms with E-state index >= 15 is 0 Å². The van der Waals surface area contributed by atoms with Gasteiger partial charge in [-0.05, 0) is 30.3 Å². The van der Waals surface area contributed by atoms with Crippen LogP contribution < -0.4 is 15.6 Å². The number of benzene rings is 2.